The first kappa shape index (κ1) is 16.2. The summed E-state index contributed by atoms with van der Waals surface area (Å²) in [6.07, 6.45) is 3.09. The first-order valence-corrected chi connectivity index (χ1v) is 8.93. The number of sulfonamides is 1. The standard InChI is InChI=1S/C13H23N3O4S/c1-10(2)8-15(3)21(18,19)9-11-6-4-5-7-12-14-20-13(17)16(11)12/h10-11H,4-9H2,1-3H3. The fraction of sp³-hybridized carbons (Fsp3) is 0.846. The van der Waals surface area contributed by atoms with Gasteiger partial charge in [-0.1, -0.05) is 25.4 Å². The van der Waals surface area contributed by atoms with Crippen LogP contribution in [-0.4, -0.2) is 41.8 Å². The number of rotatable bonds is 5. The van der Waals surface area contributed by atoms with Gasteiger partial charge in [-0.05, 0) is 18.8 Å². The van der Waals surface area contributed by atoms with Gasteiger partial charge in [-0.2, -0.15) is 0 Å². The highest BCUT2D eigenvalue weighted by Crippen LogP contribution is 2.23. The summed E-state index contributed by atoms with van der Waals surface area (Å²) < 4.78 is 32.4. The summed E-state index contributed by atoms with van der Waals surface area (Å²) in [5, 5.41) is 3.76. The first-order valence-electron chi connectivity index (χ1n) is 7.32. The molecule has 0 saturated heterocycles. The second-order valence-electron chi connectivity index (χ2n) is 6.09. The lowest BCUT2D eigenvalue weighted by Gasteiger charge is -2.23. The third-order valence-corrected chi connectivity index (χ3v) is 5.66. The minimum atomic E-state index is -3.40. The molecule has 1 aromatic heterocycles. The lowest BCUT2D eigenvalue weighted by Crippen LogP contribution is -2.37. The van der Waals surface area contributed by atoms with E-state index >= 15 is 0 Å². The summed E-state index contributed by atoms with van der Waals surface area (Å²) in [4.78, 5) is 11.8. The number of hydrogen-bond acceptors (Lipinski definition) is 5. The maximum Gasteiger partial charge on any atom is 0.441 e. The van der Waals surface area contributed by atoms with Crippen molar-refractivity contribution in [3.05, 3.63) is 16.4 Å². The van der Waals surface area contributed by atoms with E-state index in [9.17, 15) is 13.2 Å². The van der Waals surface area contributed by atoms with Crippen molar-refractivity contribution < 1.29 is 12.9 Å². The smallest absolute Gasteiger partial charge is 0.296 e. The maximum atomic E-state index is 12.4. The minimum absolute atomic E-state index is 0.0790. The van der Waals surface area contributed by atoms with Gasteiger partial charge >= 0.3 is 5.76 Å². The summed E-state index contributed by atoms with van der Waals surface area (Å²) in [7, 11) is -1.82. The molecule has 0 fully saturated rings. The van der Waals surface area contributed by atoms with Crippen LogP contribution in [0.15, 0.2) is 9.32 Å². The van der Waals surface area contributed by atoms with Crippen LogP contribution in [0.25, 0.3) is 0 Å². The van der Waals surface area contributed by atoms with E-state index < -0.39 is 15.8 Å². The van der Waals surface area contributed by atoms with Gasteiger partial charge < -0.3 is 0 Å². The molecule has 0 N–H and O–H groups in total. The van der Waals surface area contributed by atoms with Crippen LogP contribution in [0.4, 0.5) is 0 Å². The lowest BCUT2D eigenvalue weighted by atomic mass is 10.1. The molecule has 0 spiro atoms. The lowest BCUT2D eigenvalue weighted by molar-refractivity contribution is 0.356. The maximum absolute atomic E-state index is 12.4. The summed E-state index contributed by atoms with van der Waals surface area (Å²) in [6, 6.07) is -0.388. The molecule has 8 heteroatoms. The van der Waals surface area contributed by atoms with Gasteiger partial charge in [-0.15, -0.1) is 0 Å². The van der Waals surface area contributed by atoms with E-state index in [0.29, 0.717) is 25.2 Å². The number of aromatic nitrogens is 2. The van der Waals surface area contributed by atoms with Crippen molar-refractivity contribution in [1.29, 1.82) is 0 Å². The van der Waals surface area contributed by atoms with Crippen molar-refractivity contribution >= 4 is 10.0 Å². The zero-order valence-electron chi connectivity index (χ0n) is 12.8. The number of aryl methyl sites for hydroxylation is 1. The second kappa shape index (κ2) is 6.31. The molecule has 1 aliphatic rings. The predicted octanol–water partition coefficient (Wildman–Crippen LogP) is 1.02. The van der Waals surface area contributed by atoms with Crippen LogP contribution in [0.3, 0.4) is 0 Å². The van der Waals surface area contributed by atoms with E-state index in [1.165, 1.54) is 8.87 Å². The third-order valence-electron chi connectivity index (χ3n) is 3.76. The molecule has 1 atom stereocenters. The van der Waals surface area contributed by atoms with Crippen molar-refractivity contribution in [2.24, 2.45) is 5.92 Å². The highest BCUT2D eigenvalue weighted by Gasteiger charge is 2.29. The van der Waals surface area contributed by atoms with Crippen LogP contribution in [-0.2, 0) is 16.4 Å². The fourth-order valence-corrected chi connectivity index (χ4v) is 4.34. The normalized spacial score (nSPS) is 19.8. The van der Waals surface area contributed by atoms with Crippen LogP contribution < -0.4 is 5.76 Å². The van der Waals surface area contributed by atoms with Crippen molar-refractivity contribution in [1.82, 2.24) is 14.0 Å². The summed E-state index contributed by atoms with van der Waals surface area (Å²) >= 11 is 0. The summed E-state index contributed by atoms with van der Waals surface area (Å²) in [5.74, 6) is 0.181. The molecular formula is C13H23N3O4S. The van der Waals surface area contributed by atoms with Gasteiger partial charge in [-0.3, -0.25) is 9.09 Å². The Morgan fingerprint density at radius 2 is 2.14 bits per heavy atom. The quantitative estimate of drug-likeness (QED) is 0.809. The molecular weight excluding hydrogens is 294 g/mol. The van der Waals surface area contributed by atoms with E-state index in [4.69, 9.17) is 4.52 Å². The van der Waals surface area contributed by atoms with Gasteiger partial charge in [-0.25, -0.2) is 17.5 Å². The number of fused-ring (bicyclic) bond motifs is 1. The Bertz CT molecular complexity index is 632. The van der Waals surface area contributed by atoms with Crippen LogP contribution in [0.1, 0.15) is 45.0 Å². The molecule has 0 aromatic carbocycles. The monoisotopic (exact) mass is 317 g/mol. The van der Waals surface area contributed by atoms with Crippen molar-refractivity contribution in [2.75, 3.05) is 19.3 Å². The van der Waals surface area contributed by atoms with Crippen molar-refractivity contribution in [3.63, 3.8) is 0 Å². The van der Waals surface area contributed by atoms with Gasteiger partial charge in [0.25, 0.3) is 0 Å². The predicted molar refractivity (Wildman–Crippen MR) is 78.6 cm³/mol. The molecule has 0 saturated carbocycles. The Morgan fingerprint density at radius 1 is 1.43 bits per heavy atom. The van der Waals surface area contributed by atoms with E-state index in [2.05, 4.69) is 5.16 Å². The summed E-state index contributed by atoms with van der Waals surface area (Å²) in [5.41, 5.74) is 0. The van der Waals surface area contributed by atoms with E-state index in [1.807, 2.05) is 13.8 Å². The Labute approximate surface area is 125 Å². The second-order valence-corrected chi connectivity index (χ2v) is 8.21. The van der Waals surface area contributed by atoms with Gasteiger partial charge in [0.2, 0.25) is 10.0 Å². The van der Waals surface area contributed by atoms with Crippen molar-refractivity contribution in [3.8, 4) is 0 Å². The zero-order chi connectivity index (χ0) is 15.6. The van der Waals surface area contributed by atoms with E-state index in [-0.39, 0.29) is 17.7 Å². The molecule has 1 aliphatic heterocycles. The van der Waals surface area contributed by atoms with Crippen molar-refractivity contribution in [2.45, 2.75) is 45.6 Å². The average molecular weight is 317 g/mol. The largest absolute Gasteiger partial charge is 0.441 e. The highest BCUT2D eigenvalue weighted by atomic mass is 32.2. The number of nitrogens with zero attached hydrogens (tertiary/aromatic N) is 3. The van der Waals surface area contributed by atoms with Gasteiger partial charge in [0.05, 0.1) is 11.8 Å². The van der Waals surface area contributed by atoms with Gasteiger partial charge in [0.1, 0.15) is 0 Å². The minimum Gasteiger partial charge on any atom is -0.296 e. The molecule has 2 heterocycles. The molecule has 0 radical (unpaired) electrons. The van der Waals surface area contributed by atoms with Gasteiger partial charge in [0.15, 0.2) is 5.82 Å². The Balaban J connectivity index is 2.22. The molecule has 21 heavy (non-hydrogen) atoms. The molecule has 1 aromatic rings. The Hall–Kier alpha value is -1.15. The van der Waals surface area contributed by atoms with Gasteiger partial charge in [0, 0.05) is 20.0 Å². The van der Waals surface area contributed by atoms with Crippen LogP contribution in [0, 0.1) is 5.92 Å². The van der Waals surface area contributed by atoms with Crippen LogP contribution in [0.5, 0.6) is 0 Å². The average Bonchev–Trinajstić information content (AvgIpc) is 2.62. The Kier molecular flexibility index (Phi) is 4.88. The molecule has 0 amide bonds. The fourth-order valence-electron chi connectivity index (χ4n) is 2.76. The molecule has 120 valence electrons. The molecule has 2 rings (SSSR count). The van der Waals surface area contributed by atoms with Crippen LogP contribution >= 0.6 is 0 Å². The third kappa shape index (κ3) is 3.74. The summed E-state index contributed by atoms with van der Waals surface area (Å²) in [6.45, 7) is 4.42. The number of hydrogen-bond donors (Lipinski definition) is 0. The molecule has 1 unspecified atom stereocenters. The zero-order valence-corrected chi connectivity index (χ0v) is 13.6. The van der Waals surface area contributed by atoms with E-state index in [0.717, 1.165) is 12.8 Å². The highest BCUT2D eigenvalue weighted by molar-refractivity contribution is 7.89. The topological polar surface area (TPSA) is 85.4 Å². The Morgan fingerprint density at radius 3 is 2.81 bits per heavy atom. The molecule has 0 bridgehead atoms. The van der Waals surface area contributed by atoms with Crippen LogP contribution in [0.2, 0.25) is 0 Å². The molecule has 0 aliphatic carbocycles. The first-order chi connectivity index (χ1) is 9.81. The molecule has 7 nitrogen and oxygen atoms in total. The SMILES string of the molecule is CC(C)CN(C)S(=O)(=O)CC1CCCCc2noc(=O)n21. The van der Waals surface area contributed by atoms with E-state index in [1.54, 1.807) is 7.05 Å².